The van der Waals surface area contributed by atoms with E-state index >= 15 is 0 Å². The van der Waals surface area contributed by atoms with Crippen molar-refractivity contribution in [3.8, 4) is 0 Å². The molecule has 1 atom stereocenters. The molecule has 2 aliphatic heterocycles. The predicted octanol–water partition coefficient (Wildman–Crippen LogP) is 3.16. The molecule has 0 amide bonds. The Morgan fingerprint density at radius 3 is 2.88 bits per heavy atom. The molecule has 2 fully saturated rings. The maximum atomic E-state index is 5.91. The van der Waals surface area contributed by atoms with E-state index in [0.717, 1.165) is 58.4 Å². The zero-order chi connectivity index (χ0) is 17.6. The minimum atomic E-state index is 0.358. The lowest BCUT2D eigenvalue weighted by Crippen LogP contribution is -2.38. The molecule has 26 heavy (non-hydrogen) atoms. The summed E-state index contributed by atoms with van der Waals surface area (Å²) in [5.74, 6) is 1.11. The van der Waals surface area contributed by atoms with Crippen LogP contribution >= 0.6 is 11.3 Å². The zero-order valence-corrected chi connectivity index (χ0v) is 16.0. The third kappa shape index (κ3) is 4.62. The quantitative estimate of drug-likeness (QED) is 0.745. The molecule has 0 radical (unpaired) electrons. The Bertz CT molecular complexity index is 667. The van der Waals surface area contributed by atoms with E-state index in [1.54, 1.807) is 11.3 Å². The first-order valence-corrected chi connectivity index (χ1v) is 10.4. The van der Waals surface area contributed by atoms with Gasteiger partial charge in [0.05, 0.1) is 19.3 Å². The average molecular weight is 374 g/mol. The fourth-order valence-corrected chi connectivity index (χ4v) is 4.42. The molecule has 2 aliphatic rings. The van der Waals surface area contributed by atoms with Crippen LogP contribution in [0.4, 0.5) is 5.82 Å². The first-order chi connectivity index (χ1) is 12.9. The van der Waals surface area contributed by atoms with Crippen LogP contribution in [0.5, 0.6) is 0 Å². The lowest BCUT2D eigenvalue weighted by Gasteiger charge is -2.31. The maximum absolute atomic E-state index is 5.91. The number of aromatic nitrogens is 1. The second kappa shape index (κ2) is 8.95. The summed E-state index contributed by atoms with van der Waals surface area (Å²) in [7, 11) is 0. The van der Waals surface area contributed by atoms with E-state index in [4.69, 9.17) is 14.5 Å². The van der Waals surface area contributed by atoms with Crippen molar-refractivity contribution < 1.29 is 9.47 Å². The number of nitrogens with zero attached hydrogens (tertiary/aromatic N) is 3. The average Bonchev–Trinajstić information content (AvgIpc) is 3.37. The SMILES string of the molecule is c1cnc(N2CCOCC2)c(CN(Cc2ccsc2)C[C@H]2CCCO2)c1. The summed E-state index contributed by atoms with van der Waals surface area (Å²) < 4.78 is 11.4. The summed E-state index contributed by atoms with van der Waals surface area (Å²) in [4.78, 5) is 9.57. The van der Waals surface area contributed by atoms with Crippen LogP contribution in [0, 0.1) is 0 Å². The van der Waals surface area contributed by atoms with Gasteiger partial charge in [0.15, 0.2) is 0 Å². The molecule has 4 rings (SSSR count). The highest BCUT2D eigenvalue weighted by Gasteiger charge is 2.22. The second-order valence-corrected chi connectivity index (χ2v) is 7.80. The van der Waals surface area contributed by atoms with Crippen LogP contribution in [-0.4, -0.2) is 55.4 Å². The topological polar surface area (TPSA) is 37.8 Å². The molecular formula is C20H27N3O2S. The largest absolute Gasteiger partial charge is 0.378 e. The van der Waals surface area contributed by atoms with E-state index in [-0.39, 0.29) is 0 Å². The highest BCUT2D eigenvalue weighted by Crippen LogP contribution is 2.23. The molecule has 6 heteroatoms. The molecule has 0 N–H and O–H groups in total. The molecule has 140 valence electrons. The number of hydrogen-bond acceptors (Lipinski definition) is 6. The number of thiophene rings is 1. The van der Waals surface area contributed by atoms with Crippen LogP contribution in [0.3, 0.4) is 0 Å². The van der Waals surface area contributed by atoms with Crippen molar-refractivity contribution in [3.05, 3.63) is 46.3 Å². The van der Waals surface area contributed by atoms with Gasteiger partial charge in [0.2, 0.25) is 0 Å². The van der Waals surface area contributed by atoms with Gasteiger partial charge in [0.25, 0.3) is 0 Å². The maximum Gasteiger partial charge on any atom is 0.133 e. The Labute approximate surface area is 159 Å². The molecule has 5 nitrogen and oxygen atoms in total. The lowest BCUT2D eigenvalue weighted by atomic mass is 10.1. The number of rotatable bonds is 7. The molecule has 2 saturated heterocycles. The molecule has 0 saturated carbocycles. The van der Waals surface area contributed by atoms with Crippen LogP contribution in [0.15, 0.2) is 35.2 Å². The van der Waals surface area contributed by atoms with Gasteiger partial charge in [-0.15, -0.1) is 0 Å². The standard InChI is InChI=1S/C20H27N3O2S/c1-3-18(20(21-6-1)23-7-10-24-11-8-23)14-22(13-17-5-12-26-16-17)15-19-4-2-9-25-19/h1,3,5-6,12,16,19H,2,4,7-11,13-15H2/t19-/m1/s1. The molecular weight excluding hydrogens is 346 g/mol. The molecule has 4 heterocycles. The van der Waals surface area contributed by atoms with Gasteiger partial charge in [-0.3, -0.25) is 4.90 Å². The monoisotopic (exact) mass is 373 g/mol. The van der Waals surface area contributed by atoms with Crippen LogP contribution < -0.4 is 4.90 Å². The van der Waals surface area contributed by atoms with Crippen molar-refractivity contribution in [1.82, 2.24) is 9.88 Å². The van der Waals surface area contributed by atoms with Crippen molar-refractivity contribution >= 4 is 17.2 Å². The van der Waals surface area contributed by atoms with Gasteiger partial charge in [-0.1, -0.05) is 6.07 Å². The van der Waals surface area contributed by atoms with Crippen molar-refractivity contribution in [2.24, 2.45) is 0 Å². The number of morpholine rings is 1. The number of hydrogen-bond donors (Lipinski definition) is 0. The molecule has 2 aromatic rings. The number of anilines is 1. The Morgan fingerprint density at radius 2 is 2.12 bits per heavy atom. The van der Waals surface area contributed by atoms with Gasteiger partial charge >= 0.3 is 0 Å². The first-order valence-electron chi connectivity index (χ1n) is 9.50. The van der Waals surface area contributed by atoms with Crippen molar-refractivity contribution in [1.29, 1.82) is 0 Å². The molecule has 0 aromatic carbocycles. The highest BCUT2D eigenvalue weighted by molar-refractivity contribution is 7.07. The Balaban J connectivity index is 1.50. The Morgan fingerprint density at radius 1 is 1.19 bits per heavy atom. The summed E-state index contributed by atoms with van der Waals surface area (Å²) in [6.07, 6.45) is 4.61. The van der Waals surface area contributed by atoms with Gasteiger partial charge in [-0.2, -0.15) is 11.3 Å². The van der Waals surface area contributed by atoms with Crippen molar-refractivity contribution in [3.63, 3.8) is 0 Å². The number of pyridine rings is 1. The molecule has 0 unspecified atom stereocenters. The van der Waals surface area contributed by atoms with Crippen LogP contribution in [-0.2, 0) is 22.6 Å². The van der Waals surface area contributed by atoms with E-state index in [9.17, 15) is 0 Å². The molecule has 0 aliphatic carbocycles. The van der Waals surface area contributed by atoms with Crippen LogP contribution in [0.2, 0.25) is 0 Å². The van der Waals surface area contributed by atoms with E-state index in [1.165, 1.54) is 24.0 Å². The third-order valence-corrected chi connectivity index (χ3v) is 5.78. The molecule has 0 bridgehead atoms. The fourth-order valence-electron chi connectivity index (χ4n) is 3.76. The van der Waals surface area contributed by atoms with Gasteiger partial charge in [0, 0.05) is 51.1 Å². The van der Waals surface area contributed by atoms with E-state index in [2.05, 4.69) is 32.7 Å². The Kier molecular flexibility index (Phi) is 6.17. The van der Waals surface area contributed by atoms with Crippen molar-refractivity contribution in [2.45, 2.75) is 32.0 Å². The second-order valence-electron chi connectivity index (χ2n) is 7.02. The minimum absolute atomic E-state index is 0.358. The van der Waals surface area contributed by atoms with Gasteiger partial charge in [-0.05, 0) is 41.3 Å². The van der Waals surface area contributed by atoms with Gasteiger partial charge < -0.3 is 14.4 Å². The molecule has 2 aromatic heterocycles. The first kappa shape index (κ1) is 17.9. The fraction of sp³-hybridized carbons (Fsp3) is 0.550. The number of ether oxygens (including phenoxy) is 2. The summed E-state index contributed by atoms with van der Waals surface area (Å²) in [6.45, 7) is 7.14. The summed E-state index contributed by atoms with van der Waals surface area (Å²) in [5, 5.41) is 4.40. The zero-order valence-electron chi connectivity index (χ0n) is 15.2. The summed E-state index contributed by atoms with van der Waals surface area (Å²) in [5.41, 5.74) is 2.67. The predicted molar refractivity (Wildman–Crippen MR) is 105 cm³/mol. The third-order valence-electron chi connectivity index (χ3n) is 5.04. The van der Waals surface area contributed by atoms with Gasteiger partial charge in [-0.25, -0.2) is 4.98 Å². The Hall–Kier alpha value is -1.47. The normalized spacial score (nSPS) is 20.8. The highest BCUT2D eigenvalue weighted by atomic mass is 32.1. The lowest BCUT2D eigenvalue weighted by molar-refractivity contribution is 0.0679. The van der Waals surface area contributed by atoms with Crippen molar-refractivity contribution in [2.75, 3.05) is 44.4 Å². The summed E-state index contributed by atoms with van der Waals surface area (Å²) in [6, 6.07) is 6.49. The van der Waals surface area contributed by atoms with Crippen LogP contribution in [0.25, 0.3) is 0 Å². The van der Waals surface area contributed by atoms with Crippen LogP contribution in [0.1, 0.15) is 24.0 Å². The molecule has 0 spiro atoms. The van der Waals surface area contributed by atoms with E-state index < -0.39 is 0 Å². The van der Waals surface area contributed by atoms with Gasteiger partial charge in [0.1, 0.15) is 5.82 Å². The summed E-state index contributed by atoms with van der Waals surface area (Å²) >= 11 is 1.76. The van der Waals surface area contributed by atoms with E-state index in [1.807, 2.05) is 12.3 Å². The minimum Gasteiger partial charge on any atom is -0.378 e. The smallest absolute Gasteiger partial charge is 0.133 e. The van der Waals surface area contributed by atoms with E-state index in [0.29, 0.717) is 6.10 Å².